The average Bonchev–Trinajstić information content (AvgIpc) is 3.29. The Morgan fingerprint density at radius 3 is 2.96 bits per heavy atom. The van der Waals surface area contributed by atoms with Crippen LogP contribution in [0.2, 0.25) is 0 Å². The molecular formula is C18H19FN4O3. The minimum Gasteiger partial charge on any atom is -0.481 e. The molecule has 0 aliphatic rings. The number of imidazole rings is 1. The normalized spacial score (nSPS) is 10.7. The second-order valence-corrected chi connectivity index (χ2v) is 5.64. The first-order valence-corrected chi connectivity index (χ1v) is 8.15. The van der Waals surface area contributed by atoms with E-state index in [1.165, 1.54) is 23.3 Å². The molecule has 26 heavy (non-hydrogen) atoms. The highest BCUT2D eigenvalue weighted by Crippen LogP contribution is 2.17. The number of carbonyl (C=O) groups is 1. The smallest absolute Gasteiger partial charge is 0.275 e. The number of para-hydroxylation sites is 1. The molecule has 7 nitrogen and oxygen atoms in total. The molecule has 0 fully saturated rings. The van der Waals surface area contributed by atoms with Gasteiger partial charge in [-0.25, -0.2) is 14.4 Å². The Morgan fingerprint density at radius 1 is 1.38 bits per heavy atom. The van der Waals surface area contributed by atoms with Gasteiger partial charge in [-0.1, -0.05) is 12.1 Å². The summed E-state index contributed by atoms with van der Waals surface area (Å²) in [6, 6.07) is 6.05. The van der Waals surface area contributed by atoms with Gasteiger partial charge in [0.25, 0.3) is 5.91 Å². The molecule has 0 bridgehead atoms. The van der Waals surface area contributed by atoms with Gasteiger partial charge >= 0.3 is 0 Å². The lowest BCUT2D eigenvalue weighted by Gasteiger charge is -2.15. The second-order valence-electron chi connectivity index (χ2n) is 5.64. The van der Waals surface area contributed by atoms with Crippen LogP contribution in [-0.4, -0.2) is 32.4 Å². The predicted octanol–water partition coefficient (Wildman–Crippen LogP) is 2.88. The SMILES string of the molecule is CCn1ccnc1CN(C)C(=O)c1coc(COc2ccccc2F)n1. The van der Waals surface area contributed by atoms with Crippen LogP contribution in [0.25, 0.3) is 0 Å². The van der Waals surface area contributed by atoms with E-state index in [1.54, 1.807) is 25.4 Å². The highest BCUT2D eigenvalue weighted by molar-refractivity contribution is 5.91. The van der Waals surface area contributed by atoms with Gasteiger partial charge < -0.3 is 18.6 Å². The summed E-state index contributed by atoms with van der Waals surface area (Å²) in [6.07, 6.45) is 4.83. The summed E-state index contributed by atoms with van der Waals surface area (Å²) < 4.78 is 26.1. The lowest BCUT2D eigenvalue weighted by Crippen LogP contribution is -2.28. The van der Waals surface area contributed by atoms with Crippen molar-refractivity contribution in [2.75, 3.05) is 7.05 Å². The van der Waals surface area contributed by atoms with Gasteiger partial charge in [-0.2, -0.15) is 0 Å². The van der Waals surface area contributed by atoms with E-state index in [2.05, 4.69) is 9.97 Å². The number of aromatic nitrogens is 3. The molecule has 136 valence electrons. The number of benzene rings is 1. The van der Waals surface area contributed by atoms with Crippen molar-refractivity contribution in [1.82, 2.24) is 19.4 Å². The van der Waals surface area contributed by atoms with Gasteiger partial charge in [0.2, 0.25) is 5.89 Å². The number of nitrogens with zero attached hydrogens (tertiary/aromatic N) is 4. The summed E-state index contributed by atoms with van der Waals surface area (Å²) >= 11 is 0. The van der Waals surface area contributed by atoms with Gasteiger partial charge in [0.05, 0.1) is 6.54 Å². The Kier molecular flexibility index (Phi) is 5.31. The standard InChI is InChI=1S/C18H19FN4O3/c1-3-23-9-8-20-16(23)10-22(2)18(24)14-11-26-17(21-14)12-25-15-7-5-4-6-13(15)19/h4-9,11H,3,10,12H2,1-2H3. The van der Waals surface area contributed by atoms with Crippen LogP contribution in [0, 0.1) is 5.82 Å². The number of oxazole rings is 1. The van der Waals surface area contributed by atoms with Crippen molar-refractivity contribution in [1.29, 1.82) is 0 Å². The van der Waals surface area contributed by atoms with Crippen molar-refractivity contribution in [3.8, 4) is 5.75 Å². The monoisotopic (exact) mass is 358 g/mol. The van der Waals surface area contributed by atoms with Crippen molar-refractivity contribution in [2.45, 2.75) is 26.6 Å². The summed E-state index contributed by atoms with van der Waals surface area (Å²) in [5, 5.41) is 0. The zero-order valence-electron chi connectivity index (χ0n) is 14.6. The summed E-state index contributed by atoms with van der Waals surface area (Å²) in [6.45, 7) is 3.07. The van der Waals surface area contributed by atoms with Gasteiger partial charge in [-0.15, -0.1) is 0 Å². The van der Waals surface area contributed by atoms with Crippen LogP contribution in [0.5, 0.6) is 5.75 Å². The number of carbonyl (C=O) groups excluding carboxylic acids is 1. The number of rotatable bonds is 7. The summed E-state index contributed by atoms with van der Waals surface area (Å²) in [7, 11) is 1.67. The molecule has 0 N–H and O–H groups in total. The largest absolute Gasteiger partial charge is 0.481 e. The Hall–Kier alpha value is -3.16. The fourth-order valence-corrected chi connectivity index (χ4v) is 2.44. The number of aryl methyl sites for hydroxylation is 1. The zero-order chi connectivity index (χ0) is 18.5. The van der Waals surface area contributed by atoms with Gasteiger partial charge in [0, 0.05) is 26.0 Å². The Balaban J connectivity index is 1.61. The molecule has 2 aromatic heterocycles. The lowest BCUT2D eigenvalue weighted by atomic mass is 10.3. The van der Waals surface area contributed by atoms with Crippen molar-refractivity contribution < 1.29 is 18.3 Å². The van der Waals surface area contributed by atoms with E-state index >= 15 is 0 Å². The third-order valence-corrected chi connectivity index (χ3v) is 3.83. The van der Waals surface area contributed by atoms with Crippen LogP contribution in [0.3, 0.4) is 0 Å². The predicted molar refractivity (Wildman–Crippen MR) is 90.9 cm³/mol. The summed E-state index contributed by atoms with van der Waals surface area (Å²) in [5.41, 5.74) is 0.161. The van der Waals surface area contributed by atoms with Gasteiger partial charge in [0.15, 0.2) is 23.9 Å². The molecular weight excluding hydrogens is 339 g/mol. The fourth-order valence-electron chi connectivity index (χ4n) is 2.44. The maximum absolute atomic E-state index is 13.5. The number of amides is 1. The first-order valence-electron chi connectivity index (χ1n) is 8.15. The van der Waals surface area contributed by atoms with E-state index < -0.39 is 5.82 Å². The first-order chi connectivity index (χ1) is 12.6. The van der Waals surface area contributed by atoms with E-state index in [0.717, 1.165) is 12.4 Å². The summed E-state index contributed by atoms with van der Waals surface area (Å²) in [4.78, 5) is 22.4. The zero-order valence-corrected chi connectivity index (χ0v) is 14.6. The van der Waals surface area contributed by atoms with Crippen LogP contribution >= 0.6 is 0 Å². The van der Waals surface area contributed by atoms with Crippen LogP contribution in [0.15, 0.2) is 47.3 Å². The molecule has 0 atom stereocenters. The third kappa shape index (κ3) is 3.90. The molecule has 0 aliphatic carbocycles. The topological polar surface area (TPSA) is 73.4 Å². The molecule has 3 aromatic rings. The minimum atomic E-state index is -0.471. The highest BCUT2D eigenvalue weighted by Gasteiger charge is 2.18. The molecule has 1 aromatic carbocycles. The molecule has 1 amide bonds. The Labute approximate surface area is 150 Å². The van der Waals surface area contributed by atoms with Crippen LogP contribution < -0.4 is 4.74 Å². The van der Waals surface area contributed by atoms with E-state index in [1.807, 2.05) is 17.7 Å². The third-order valence-electron chi connectivity index (χ3n) is 3.83. The quantitative estimate of drug-likeness (QED) is 0.649. The fraction of sp³-hybridized carbons (Fsp3) is 0.278. The Bertz CT molecular complexity index is 890. The molecule has 3 rings (SSSR count). The highest BCUT2D eigenvalue weighted by atomic mass is 19.1. The molecule has 0 unspecified atom stereocenters. The van der Waals surface area contributed by atoms with E-state index in [0.29, 0.717) is 6.54 Å². The molecule has 0 radical (unpaired) electrons. The van der Waals surface area contributed by atoms with Crippen molar-refractivity contribution in [3.05, 3.63) is 66.1 Å². The molecule has 0 aliphatic heterocycles. The number of hydrogen-bond donors (Lipinski definition) is 0. The summed E-state index contributed by atoms with van der Waals surface area (Å²) in [5.74, 6) is 0.315. The van der Waals surface area contributed by atoms with E-state index in [9.17, 15) is 9.18 Å². The molecule has 0 saturated carbocycles. The van der Waals surface area contributed by atoms with Crippen molar-refractivity contribution in [2.24, 2.45) is 0 Å². The van der Waals surface area contributed by atoms with E-state index in [-0.39, 0.29) is 29.8 Å². The molecule has 0 spiro atoms. The minimum absolute atomic E-state index is 0.0713. The molecule has 8 heteroatoms. The average molecular weight is 358 g/mol. The Morgan fingerprint density at radius 2 is 2.19 bits per heavy atom. The van der Waals surface area contributed by atoms with Crippen molar-refractivity contribution in [3.63, 3.8) is 0 Å². The van der Waals surface area contributed by atoms with E-state index in [4.69, 9.17) is 9.15 Å². The number of hydrogen-bond acceptors (Lipinski definition) is 5. The van der Waals surface area contributed by atoms with Gasteiger partial charge in [-0.3, -0.25) is 4.79 Å². The molecule has 0 saturated heterocycles. The van der Waals surface area contributed by atoms with Crippen LogP contribution in [0.4, 0.5) is 4.39 Å². The first kappa shape index (κ1) is 17.7. The lowest BCUT2D eigenvalue weighted by molar-refractivity contribution is 0.0774. The maximum Gasteiger partial charge on any atom is 0.275 e. The second kappa shape index (κ2) is 7.81. The van der Waals surface area contributed by atoms with Gasteiger partial charge in [-0.05, 0) is 19.1 Å². The number of halogens is 1. The van der Waals surface area contributed by atoms with Crippen LogP contribution in [-0.2, 0) is 19.7 Å². The number of ether oxygens (including phenoxy) is 1. The molecule has 2 heterocycles. The van der Waals surface area contributed by atoms with Crippen molar-refractivity contribution >= 4 is 5.91 Å². The van der Waals surface area contributed by atoms with Crippen LogP contribution in [0.1, 0.15) is 29.1 Å². The van der Waals surface area contributed by atoms with Gasteiger partial charge in [0.1, 0.15) is 12.1 Å². The maximum atomic E-state index is 13.5.